The molecule has 4 atom stereocenters. The molecule has 4 aliphatic rings. The number of ketones is 1. The second-order valence-electron chi connectivity index (χ2n) is 7.33. The van der Waals surface area contributed by atoms with Gasteiger partial charge in [0, 0.05) is 30.9 Å². The molecule has 0 aromatic heterocycles. The summed E-state index contributed by atoms with van der Waals surface area (Å²) in [5.41, 5.74) is 0.595. The molecule has 1 N–H and O–H groups in total. The number of Topliss-reactive ketones (excluding diaryl/α,β-unsaturated/α-hetero) is 1. The molecule has 5 rings (SSSR count). The van der Waals surface area contributed by atoms with Crippen LogP contribution in [-0.4, -0.2) is 47.1 Å². The van der Waals surface area contributed by atoms with Crippen LogP contribution in [0.2, 0.25) is 0 Å². The highest BCUT2D eigenvalue weighted by atomic mass is 32.1. The smallest absolute Gasteiger partial charge is 0.179 e. The maximum Gasteiger partial charge on any atom is 0.179 e. The van der Waals surface area contributed by atoms with Gasteiger partial charge in [-0.2, -0.15) is 0 Å². The zero-order valence-electron chi connectivity index (χ0n) is 12.9. The lowest BCUT2D eigenvalue weighted by molar-refractivity contribution is -0.185. The first-order chi connectivity index (χ1) is 11.0. The third kappa shape index (κ3) is 1.38. The van der Waals surface area contributed by atoms with Crippen LogP contribution in [0.25, 0.3) is 0 Å². The molecule has 1 saturated carbocycles. The lowest BCUT2D eigenvalue weighted by Gasteiger charge is -2.61. The van der Waals surface area contributed by atoms with Gasteiger partial charge in [0.15, 0.2) is 23.4 Å². The van der Waals surface area contributed by atoms with Gasteiger partial charge in [-0.25, -0.2) is 0 Å². The molecule has 122 valence electrons. The minimum Gasteiger partial charge on any atom is -0.477 e. The van der Waals surface area contributed by atoms with Crippen molar-refractivity contribution < 1.29 is 18.8 Å². The fourth-order valence-electron chi connectivity index (χ4n) is 5.60. The SMILES string of the molecule is CN1CC[C@]23c4c5ccc(OS)c4O[C@H]2C(=O)CC[C@@]3(O)[C@H]1C5. The molecular formula is C17H19NO4S. The van der Waals surface area contributed by atoms with E-state index in [9.17, 15) is 9.90 Å². The lowest BCUT2D eigenvalue weighted by Crippen LogP contribution is -2.76. The van der Waals surface area contributed by atoms with Crippen LogP contribution in [0, 0.1) is 0 Å². The summed E-state index contributed by atoms with van der Waals surface area (Å²) < 4.78 is 11.3. The van der Waals surface area contributed by atoms with Crippen molar-refractivity contribution in [2.75, 3.05) is 13.6 Å². The van der Waals surface area contributed by atoms with E-state index in [4.69, 9.17) is 8.92 Å². The molecular weight excluding hydrogens is 314 g/mol. The summed E-state index contributed by atoms with van der Waals surface area (Å²) in [4.78, 5) is 14.9. The Labute approximate surface area is 140 Å². The summed E-state index contributed by atoms with van der Waals surface area (Å²) in [5, 5.41) is 11.7. The van der Waals surface area contributed by atoms with E-state index in [2.05, 4.69) is 24.9 Å². The zero-order chi connectivity index (χ0) is 16.0. The fourth-order valence-corrected chi connectivity index (χ4v) is 5.74. The molecule has 2 aliphatic carbocycles. The maximum atomic E-state index is 12.6. The number of aliphatic hydroxyl groups is 1. The Bertz CT molecular complexity index is 738. The van der Waals surface area contributed by atoms with Crippen LogP contribution in [0.4, 0.5) is 0 Å². The van der Waals surface area contributed by atoms with Crippen molar-refractivity contribution in [1.29, 1.82) is 0 Å². The number of nitrogens with zero attached hydrogens (tertiary/aromatic N) is 1. The van der Waals surface area contributed by atoms with Gasteiger partial charge >= 0.3 is 0 Å². The van der Waals surface area contributed by atoms with Gasteiger partial charge < -0.3 is 18.9 Å². The van der Waals surface area contributed by atoms with Crippen LogP contribution in [0.5, 0.6) is 11.5 Å². The van der Waals surface area contributed by atoms with Gasteiger partial charge in [0.1, 0.15) is 0 Å². The van der Waals surface area contributed by atoms with Crippen molar-refractivity contribution >= 4 is 18.7 Å². The number of likely N-dealkylation sites (N-methyl/N-ethyl adjacent to an activating group) is 1. The molecule has 2 fully saturated rings. The Kier molecular flexibility index (Phi) is 2.60. The van der Waals surface area contributed by atoms with Gasteiger partial charge in [-0.15, -0.1) is 0 Å². The summed E-state index contributed by atoms with van der Waals surface area (Å²) in [5.74, 6) is 1.23. The Morgan fingerprint density at radius 2 is 2.26 bits per heavy atom. The van der Waals surface area contributed by atoms with Gasteiger partial charge in [0.2, 0.25) is 0 Å². The summed E-state index contributed by atoms with van der Waals surface area (Å²) in [6.45, 7) is 0.852. The Morgan fingerprint density at radius 1 is 1.43 bits per heavy atom. The number of hydrogen-bond donors (Lipinski definition) is 2. The first kappa shape index (κ1) is 14.1. The number of piperidine rings is 1. The van der Waals surface area contributed by atoms with Gasteiger partial charge in [-0.3, -0.25) is 4.79 Å². The van der Waals surface area contributed by atoms with Gasteiger partial charge in [0.25, 0.3) is 0 Å². The number of ether oxygens (including phenoxy) is 1. The highest BCUT2D eigenvalue weighted by molar-refractivity contribution is 7.75. The van der Waals surface area contributed by atoms with E-state index in [1.165, 1.54) is 0 Å². The standard InChI is InChI=1S/C17H19NO4S/c1-18-7-6-16-13-9-2-3-11(22-23)14(13)21-15(16)10(19)4-5-17(16,20)12(18)8-9/h2-3,12,15,20,23H,4-8H2,1H3/t12-,15+,16+,17-/m1/s1. The summed E-state index contributed by atoms with van der Waals surface area (Å²) in [6.07, 6.45) is 1.77. The van der Waals surface area contributed by atoms with E-state index in [-0.39, 0.29) is 11.8 Å². The number of thiol groups is 1. The van der Waals surface area contributed by atoms with Crippen LogP contribution in [0.15, 0.2) is 12.1 Å². The highest BCUT2D eigenvalue weighted by Crippen LogP contribution is 2.64. The Balaban J connectivity index is 1.86. The molecule has 23 heavy (non-hydrogen) atoms. The quantitative estimate of drug-likeness (QED) is 0.599. The van der Waals surface area contributed by atoms with Crippen molar-refractivity contribution in [1.82, 2.24) is 4.90 Å². The van der Waals surface area contributed by atoms with Gasteiger partial charge in [-0.05, 0) is 44.5 Å². The summed E-state index contributed by atoms with van der Waals surface area (Å²) >= 11 is 3.93. The Hall–Kier alpha value is -1.24. The molecule has 2 heterocycles. The second kappa shape index (κ2) is 4.23. The normalized spacial score (nSPS) is 40.6. The molecule has 6 heteroatoms. The summed E-state index contributed by atoms with van der Waals surface area (Å²) in [7, 11) is 2.06. The largest absolute Gasteiger partial charge is 0.477 e. The fraction of sp³-hybridized carbons (Fsp3) is 0.588. The number of benzene rings is 1. The average molecular weight is 333 g/mol. The number of hydrogen-bond acceptors (Lipinski definition) is 6. The third-order valence-electron chi connectivity index (χ3n) is 6.61. The van der Waals surface area contributed by atoms with Crippen LogP contribution < -0.4 is 8.92 Å². The van der Waals surface area contributed by atoms with Crippen LogP contribution in [0.3, 0.4) is 0 Å². The van der Waals surface area contributed by atoms with Crippen LogP contribution in [0.1, 0.15) is 30.4 Å². The molecule has 1 aromatic rings. The molecule has 5 nitrogen and oxygen atoms in total. The molecule has 0 amide bonds. The number of carbonyl (C=O) groups is 1. The van der Waals surface area contributed by atoms with E-state index in [1.807, 2.05) is 12.1 Å². The third-order valence-corrected chi connectivity index (χ3v) is 6.81. The molecule has 0 radical (unpaired) electrons. The van der Waals surface area contributed by atoms with Gasteiger partial charge in [0.05, 0.1) is 11.0 Å². The number of likely N-dealkylation sites (tertiary alicyclic amines) is 1. The van der Waals surface area contributed by atoms with Crippen molar-refractivity contribution in [2.45, 2.75) is 48.8 Å². The first-order valence-corrected chi connectivity index (χ1v) is 8.49. The van der Waals surface area contributed by atoms with Crippen molar-refractivity contribution in [3.8, 4) is 11.5 Å². The molecule has 2 bridgehead atoms. The van der Waals surface area contributed by atoms with Crippen LogP contribution in [-0.2, 0) is 16.6 Å². The highest BCUT2D eigenvalue weighted by Gasteiger charge is 2.72. The van der Waals surface area contributed by atoms with Gasteiger partial charge in [-0.1, -0.05) is 6.07 Å². The molecule has 1 aromatic carbocycles. The lowest BCUT2D eigenvalue weighted by atomic mass is 9.49. The number of rotatable bonds is 1. The average Bonchev–Trinajstić information content (AvgIpc) is 2.90. The molecule has 0 unspecified atom stereocenters. The predicted octanol–water partition coefficient (Wildman–Crippen LogP) is 1.26. The van der Waals surface area contributed by atoms with Crippen molar-refractivity contribution in [3.05, 3.63) is 23.3 Å². The van der Waals surface area contributed by atoms with E-state index in [1.54, 1.807) is 0 Å². The van der Waals surface area contributed by atoms with Crippen molar-refractivity contribution in [2.24, 2.45) is 0 Å². The summed E-state index contributed by atoms with van der Waals surface area (Å²) in [6, 6.07) is 3.90. The predicted molar refractivity (Wildman–Crippen MR) is 86.1 cm³/mol. The van der Waals surface area contributed by atoms with E-state index in [0.717, 1.165) is 30.5 Å². The van der Waals surface area contributed by atoms with E-state index in [0.29, 0.717) is 24.3 Å². The Morgan fingerprint density at radius 3 is 3.04 bits per heavy atom. The molecule has 2 aliphatic heterocycles. The molecule has 1 saturated heterocycles. The minimum absolute atomic E-state index is 0.0247. The maximum absolute atomic E-state index is 12.6. The minimum atomic E-state index is -0.925. The van der Waals surface area contributed by atoms with E-state index >= 15 is 0 Å². The van der Waals surface area contributed by atoms with Crippen molar-refractivity contribution in [3.63, 3.8) is 0 Å². The van der Waals surface area contributed by atoms with Crippen LogP contribution >= 0.6 is 12.9 Å². The topological polar surface area (TPSA) is 59.0 Å². The molecule has 1 spiro atoms. The monoisotopic (exact) mass is 333 g/mol. The zero-order valence-corrected chi connectivity index (χ0v) is 13.8. The number of carbonyl (C=O) groups excluding carboxylic acids is 1. The second-order valence-corrected chi connectivity index (χ2v) is 7.51. The van der Waals surface area contributed by atoms with E-state index < -0.39 is 17.1 Å². The first-order valence-electron chi connectivity index (χ1n) is 8.13.